The minimum Gasteiger partial charge on any atom is -0.486 e. The van der Waals surface area contributed by atoms with Crippen LogP contribution in [0.4, 0.5) is 4.39 Å². The van der Waals surface area contributed by atoms with Crippen molar-refractivity contribution in [3.63, 3.8) is 0 Å². The van der Waals surface area contributed by atoms with Gasteiger partial charge in [0.05, 0.1) is 0 Å². The number of para-hydroxylation sites is 1. The normalized spacial score (nSPS) is 12.5. The van der Waals surface area contributed by atoms with E-state index in [1.807, 2.05) is 14.0 Å². The van der Waals surface area contributed by atoms with Crippen molar-refractivity contribution in [2.45, 2.75) is 19.4 Å². The van der Waals surface area contributed by atoms with Crippen LogP contribution in [0.1, 0.15) is 13.3 Å². The molecule has 14 heavy (non-hydrogen) atoms. The highest BCUT2D eigenvalue weighted by molar-refractivity contribution is 5.23. The molecule has 0 fully saturated rings. The van der Waals surface area contributed by atoms with Crippen molar-refractivity contribution in [1.82, 2.24) is 5.32 Å². The van der Waals surface area contributed by atoms with Crippen molar-refractivity contribution >= 4 is 0 Å². The molecular weight excluding hydrogens is 181 g/mol. The Balaban J connectivity index is 2.62. The molecule has 0 aliphatic carbocycles. The molecule has 78 valence electrons. The van der Waals surface area contributed by atoms with Gasteiger partial charge in [-0.3, -0.25) is 0 Å². The van der Waals surface area contributed by atoms with E-state index in [1.54, 1.807) is 18.2 Å². The second-order valence-electron chi connectivity index (χ2n) is 3.14. The van der Waals surface area contributed by atoms with E-state index in [4.69, 9.17) is 4.74 Å². The van der Waals surface area contributed by atoms with Gasteiger partial charge in [0.2, 0.25) is 0 Å². The summed E-state index contributed by atoms with van der Waals surface area (Å²) in [4.78, 5) is 0. The molecule has 1 N–H and O–H groups in total. The van der Waals surface area contributed by atoms with Crippen LogP contribution in [-0.4, -0.2) is 19.7 Å². The minimum absolute atomic E-state index is 0.0249. The molecule has 0 aromatic heterocycles. The number of nitrogens with one attached hydrogen (secondary N) is 1. The number of benzene rings is 1. The molecule has 2 nitrogen and oxygen atoms in total. The zero-order chi connectivity index (χ0) is 10.4. The number of ether oxygens (including phenoxy) is 1. The molecular formula is C11H16FNO. The van der Waals surface area contributed by atoms with Crippen molar-refractivity contribution in [2.24, 2.45) is 0 Å². The van der Waals surface area contributed by atoms with Gasteiger partial charge in [-0.2, -0.15) is 0 Å². The zero-order valence-electron chi connectivity index (χ0n) is 8.59. The molecule has 1 aromatic rings. The highest BCUT2D eigenvalue weighted by atomic mass is 19.1. The predicted molar refractivity (Wildman–Crippen MR) is 55.0 cm³/mol. The maximum absolute atomic E-state index is 13.2. The summed E-state index contributed by atoms with van der Waals surface area (Å²) in [5.74, 6) is 0.0247. The van der Waals surface area contributed by atoms with Gasteiger partial charge in [0.25, 0.3) is 0 Å². The largest absolute Gasteiger partial charge is 0.486 e. The SMILES string of the molecule is CCC(CNC)Oc1ccccc1F. The molecule has 0 amide bonds. The van der Waals surface area contributed by atoms with Crippen LogP contribution in [0, 0.1) is 5.82 Å². The van der Waals surface area contributed by atoms with Crippen LogP contribution in [-0.2, 0) is 0 Å². The fraction of sp³-hybridized carbons (Fsp3) is 0.455. The van der Waals surface area contributed by atoms with E-state index >= 15 is 0 Å². The van der Waals surface area contributed by atoms with Crippen LogP contribution >= 0.6 is 0 Å². The van der Waals surface area contributed by atoms with Gasteiger partial charge in [-0.15, -0.1) is 0 Å². The summed E-state index contributed by atoms with van der Waals surface area (Å²) in [6, 6.07) is 6.47. The molecule has 1 rings (SSSR count). The lowest BCUT2D eigenvalue weighted by molar-refractivity contribution is 0.188. The first-order chi connectivity index (χ1) is 6.77. The average Bonchev–Trinajstić information content (AvgIpc) is 2.20. The molecule has 0 heterocycles. The fourth-order valence-corrected chi connectivity index (χ4v) is 1.22. The number of rotatable bonds is 5. The van der Waals surface area contributed by atoms with Gasteiger partial charge < -0.3 is 10.1 Å². The summed E-state index contributed by atoms with van der Waals surface area (Å²) < 4.78 is 18.7. The third-order valence-electron chi connectivity index (χ3n) is 2.02. The van der Waals surface area contributed by atoms with Gasteiger partial charge in [-0.1, -0.05) is 19.1 Å². The Morgan fingerprint density at radius 2 is 2.14 bits per heavy atom. The van der Waals surface area contributed by atoms with Crippen molar-refractivity contribution in [1.29, 1.82) is 0 Å². The van der Waals surface area contributed by atoms with E-state index < -0.39 is 0 Å². The van der Waals surface area contributed by atoms with E-state index in [2.05, 4.69) is 5.32 Å². The molecule has 0 radical (unpaired) electrons. The molecule has 0 spiro atoms. The van der Waals surface area contributed by atoms with Crippen molar-refractivity contribution in [2.75, 3.05) is 13.6 Å². The highest BCUT2D eigenvalue weighted by Gasteiger charge is 2.09. The average molecular weight is 197 g/mol. The Hall–Kier alpha value is -1.09. The number of hydrogen-bond donors (Lipinski definition) is 1. The summed E-state index contributed by atoms with van der Waals surface area (Å²) in [5.41, 5.74) is 0. The predicted octanol–water partition coefficient (Wildman–Crippen LogP) is 2.20. The van der Waals surface area contributed by atoms with Crippen molar-refractivity contribution in [3.05, 3.63) is 30.1 Å². The Labute approximate surface area is 84.1 Å². The lowest BCUT2D eigenvalue weighted by Gasteiger charge is -2.17. The summed E-state index contributed by atoms with van der Waals surface area (Å²) in [7, 11) is 1.85. The number of halogens is 1. The smallest absolute Gasteiger partial charge is 0.165 e. The lowest BCUT2D eigenvalue weighted by atomic mass is 10.2. The molecule has 0 aliphatic rings. The van der Waals surface area contributed by atoms with E-state index in [0.717, 1.165) is 13.0 Å². The quantitative estimate of drug-likeness (QED) is 0.781. The molecule has 0 saturated heterocycles. The van der Waals surface area contributed by atoms with Crippen LogP contribution in [0.3, 0.4) is 0 Å². The van der Waals surface area contributed by atoms with Gasteiger partial charge >= 0.3 is 0 Å². The fourth-order valence-electron chi connectivity index (χ4n) is 1.22. The topological polar surface area (TPSA) is 21.3 Å². The Bertz CT molecular complexity index is 278. The van der Waals surface area contributed by atoms with Crippen molar-refractivity contribution < 1.29 is 9.13 Å². The third-order valence-corrected chi connectivity index (χ3v) is 2.02. The van der Waals surface area contributed by atoms with E-state index in [1.165, 1.54) is 6.07 Å². The summed E-state index contributed by atoms with van der Waals surface area (Å²) >= 11 is 0. The van der Waals surface area contributed by atoms with Gasteiger partial charge in [-0.05, 0) is 25.6 Å². The lowest BCUT2D eigenvalue weighted by Crippen LogP contribution is -2.28. The van der Waals surface area contributed by atoms with Crippen LogP contribution in [0.2, 0.25) is 0 Å². The monoisotopic (exact) mass is 197 g/mol. The molecule has 0 saturated carbocycles. The highest BCUT2D eigenvalue weighted by Crippen LogP contribution is 2.17. The van der Waals surface area contributed by atoms with Gasteiger partial charge in [0.15, 0.2) is 11.6 Å². The molecule has 3 heteroatoms. The van der Waals surface area contributed by atoms with Crippen molar-refractivity contribution in [3.8, 4) is 5.75 Å². The first-order valence-corrected chi connectivity index (χ1v) is 4.83. The summed E-state index contributed by atoms with van der Waals surface area (Å²) in [6.45, 7) is 2.74. The Morgan fingerprint density at radius 1 is 1.43 bits per heavy atom. The molecule has 0 aliphatic heterocycles. The third kappa shape index (κ3) is 3.00. The van der Waals surface area contributed by atoms with Crippen LogP contribution in [0.25, 0.3) is 0 Å². The zero-order valence-corrected chi connectivity index (χ0v) is 8.59. The molecule has 1 aromatic carbocycles. The summed E-state index contributed by atoms with van der Waals surface area (Å²) in [6.07, 6.45) is 0.881. The molecule has 0 bridgehead atoms. The number of hydrogen-bond acceptors (Lipinski definition) is 2. The first kappa shape index (κ1) is 11.0. The minimum atomic E-state index is -0.304. The van der Waals surface area contributed by atoms with Gasteiger partial charge in [0, 0.05) is 6.54 Å². The Morgan fingerprint density at radius 3 is 2.71 bits per heavy atom. The standard InChI is InChI=1S/C11H16FNO/c1-3-9(8-13-2)14-11-7-5-4-6-10(11)12/h4-7,9,13H,3,8H2,1-2H3. The van der Waals surface area contributed by atoms with E-state index in [9.17, 15) is 4.39 Å². The van der Waals surface area contributed by atoms with E-state index in [0.29, 0.717) is 5.75 Å². The first-order valence-electron chi connectivity index (χ1n) is 4.83. The Kier molecular flexibility index (Phi) is 4.40. The second-order valence-corrected chi connectivity index (χ2v) is 3.14. The summed E-state index contributed by atoms with van der Waals surface area (Å²) in [5, 5.41) is 3.01. The van der Waals surface area contributed by atoms with E-state index in [-0.39, 0.29) is 11.9 Å². The maximum atomic E-state index is 13.2. The number of likely N-dealkylation sites (N-methyl/N-ethyl adjacent to an activating group) is 1. The van der Waals surface area contributed by atoms with Crippen LogP contribution in [0.5, 0.6) is 5.75 Å². The van der Waals surface area contributed by atoms with Crippen LogP contribution < -0.4 is 10.1 Å². The van der Waals surface area contributed by atoms with Gasteiger partial charge in [-0.25, -0.2) is 4.39 Å². The second kappa shape index (κ2) is 5.60. The molecule has 1 unspecified atom stereocenters. The van der Waals surface area contributed by atoms with Crippen LogP contribution in [0.15, 0.2) is 24.3 Å². The van der Waals surface area contributed by atoms with Gasteiger partial charge in [0.1, 0.15) is 6.10 Å². The molecule has 1 atom stereocenters. The maximum Gasteiger partial charge on any atom is 0.165 e.